The first-order valence-corrected chi connectivity index (χ1v) is 17.0. The topological polar surface area (TPSA) is 127 Å². The van der Waals surface area contributed by atoms with Crippen LogP contribution in [0.25, 0.3) is 0 Å². The Kier molecular flexibility index (Phi) is 23.3. The summed E-state index contributed by atoms with van der Waals surface area (Å²) < 4.78 is -1.08. The third-order valence-corrected chi connectivity index (χ3v) is 11.1. The van der Waals surface area contributed by atoms with E-state index in [1.807, 2.05) is 10.8 Å². The van der Waals surface area contributed by atoms with Crippen molar-refractivity contribution >= 4 is 58.8 Å². The molecule has 0 aromatic heterocycles. The second-order valence-electron chi connectivity index (χ2n) is 9.86. The van der Waals surface area contributed by atoms with Crippen LogP contribution in [0.1, 0.15) is 128 Å². The van der Waals surface area contributed by atoms with Gasteiger partial charge in [0, 0.05) is 25.1 Å². The summed E-state index contributed by atoms with van der Waals surface area (Å²) in [5.41, 5.74) is 12.3. The van der Waals surface area contributed by atoms with Gasteiger partial charge in [-0.1, -0.05) is 111 Å². The van der Waals surface area contributed by atoms with Gasteiger partial charge in [0.1, 0.15) is 4.20 Å². The van der Waals surface area contributed by atoms with Gasteiger partial charge in [-0.25, -0.2) is 0 Å². The largest absolute Gasteiger partial charge is 0.481 e. The molecule has 0 saturated heterocycles. The first kappa shape index (κ1) is 36.3. The van der Waals surface area contributed by atoms with Crippen LogP contribution >= 0.6 is 46.8 Å². The summed E-state index contributed by atoms with van der Waals surface area (Å²) in [6, 6.07) is 0. The molecule has 6 nitrogen and oxygen atoms in total. The minimum Gasteiger partial charge on any atom is -0.481 e. The molecule has 0 bridgehead atoms. The second kappa shape index (κ2) is 23.2. The number of carbonyl (C=O) groups is 2. The van der Waals surface area contributed by atoms with Crippen molar-refractivity contribution in [3.63, 3.8) is 0 Å². The molecule has 0 amide bonds. The van der Waals surface area contributed by atoms with Crippen molar-refractivity contribution < 1.29 is 19.8 Å². The van der Waals surface area contributed by atoms with Crippen LogP contribution in [0.15, 0.2) is 0 Å². The third kappa shape index (κ3) is 20.3. The van der Waals surface area contributed by atoms with Gasteiger partial charge in [-0.05, 0) is 25.7 Å². The zero-order chi connectivity index (χ0) is 27.1. The average Bonchev–Trinajstić information content (AvgIpc) is 2.79. The SMILES string of the molecule is NCCSSC(CCCCCCCCCCC(=O)O)(CCCCCCCCCCC(=O)O)C(N)(S)S. The predicted octanol–water partition coefficient (Wildman–Crippen LogP) is 7.51. The summed E-state index contributed by atoms with van der Waals surface area (Å²) in [6.07, 6.45) is 20.0. The highest BCUT2D eigenvalue weighted by atomic mass is 33.1. The van der Waals surface area contributed by atoms with E-state index in [4.69, 9.17) is 46.9 Å². The van der Waals surface area contributed by atoms with E-state index in [-0.39, 0.29) is 17.6 Å². The summed E-state index contributed by atoms with van der Waals surface area (Å²) in [5, 5.41) is 17.4. The number of hydrogen-bond acceptors (Lipinski definition) is 8. The number of hydrogen-bond donors (Lipinski definition) is 6. The van der Waals surface area contributed by atoms with Crippen molar-refractivity contribution in [2.75, 3.05) is 12.3 Å². The number of unbranched alkanes of at least 4 members (excludes halogenated alkanes) is 14. The van der Waals surface area contributed by atoms with Gasteiger partial charge in [-0.15, -0.1) is 25.3 Å². The Balaban J connectivity index is 4.35. The van der Waals surface area contributed by atoms with E-state index in [0.717, 1.165) is 70.0 Å². The standard InChI is InChI=1S/C26H52N2O4S4/c27-21-22-35-36-25(26(28,33)34,19-15-11-7-3-1-5-9-13-17-23(29)30)20-16-12-8-4-2-6-10-14-18-24(31)32/h33-34H,1-22,27-28H2,(H,29,30)(H,31,32). The van der Waals surface area contributed by atoms with Crippen LogP contribution < -0.4 is 11.5 Å². The van der Waals surface area contributed by atoms with Gasteiger partial charge in [0.2, 0.25) is 0 Å². The molecule has 10 heteroatoms. The summed E-state index contributed by atoms with van der Waals surface area (Å²) in [5.74, 6) is -0.515. The molecular weight excluding hydrogens is 533 g/mol. The number of rotatable bonds is 27. The smallest absolute Gasteiger partial charge is 0.303 e. The fourth-order valence-electron chi connectivity index (χ4n) is 4.34. The van der Waals surface area contributed by atoms with Gasteiger partial charge >= 0.3 is 11.9 Å². The maximum absolute atomic E-state index is 10.6. The van der Waals surface area contributed by atoms with Gasteiger partial charge in [-0.3, -0.25) is 9.59 Å². The molecule has 0 heterocycles. The van der Waals surface area contributed by atoms with E-state index in [9.17, 15) is 9.59 Å². The normalized spacial score (nSPS) is 12.2. The molecule has 6 N–H and O–H groups in total. The molecule has 0 aliphatic rings. The number of thiol groups is 2. The minimum atomic E-state index is -0.868. The quantitative estimate of drug-likeness (QED) is 0.0253. The zero-order valence-corrected chi connectivity index (χ0v) is 25.6. The molecule has 0 aromatic rings. The lowest BCUT2D eigenvalue weighted by atomic mass is 9.92. The molecule has 0 aliphatic heterocycles. The van der Waals surface area contributed by atoms with Crippen molar-refractivity contribution in [2.24, 2.45) is 11.5 Å². The number of nitrogens with two attached hydrogens (primary N) is 2. The van der Waals surface area contributed by atoms with Gasteiger partial charge in [0.25, 0.3) is 0 Å². The maximum Gasteiger partial charge on any atom is 0.303 e. The zero-order valence-electron chi connectivity index (χ0n) is 22.1. The van der Waals surface area contributed by atoms with Gasteiger partial charge in [-0.2, -0.15) is 0 Å². The van der Waals surface area contributed by atoms with E-state index in [0.29, 0.717) is 6.54 Å². The Hall–Kier alpha value is 0.260. The Morgan fingerprint density at radius 2 is 0.972 bits per heavy atom. The molecule has 0 aliphatic carbocycles. The molecule has 36 heavy (non-hydrogen) atoms. The Morgan fingerprint density at radius 3 is 1.28 bits per heavy atom. The molecule has 0 unspecified atom stereocenters. The van der Waals surface area contributed by atoms with Gasteiger partial charge in [0.05, 0.1) is 4.75 Å². The summed E-state index contributed by atoms with van der Waals surface area (Å²) >= 11 is 9.48. The monoisotopic (exact) mass is 584 g/mol. The number of aliphatic carboxylic acids is 2. The van der Waals surface area contributed by atoms with E-state index >= 15 is 0 Å². The number of carboxylic acids is 2. The molecule has 0 aromatic carbocycles. The average molecular weight is 585 g/mol. The van der Waals surface area contributed by atoms with Crippen LogP contribution in [0.3, 0.4) is 0 Å². The van der Waals surface area contributed by atoms with Crippen molar-refractivity contribution in [2.45, 2.75) is 137 Å². The molecule has 0 radical (unpaired) electrons. The molecule has 0 saturated carbocycles. The molecule has 0 fully saturated rings. The highest BCUT2D eigenvalue weighted by Crippen LogP contribution is 2.52. The Morgan fingerprint density at radius 1 is 0.639 bits per heavy atom. The minimum absolute atomic E-state index is 0.216. The van der Waals surface area contributed by atoms with Crippen molar-refractivity contribution in [1.82, 2.24) is 0 Å². The second-order valence-corrected chi connectivity index (χ2v) is 14.4. The Labute approximate surface area is 238 Å². The van der Waals surface area contributed by atoms with Crippen molar-refractivity contribution in [1.29, 1.82) is 0 Å². The summed E-state index contributed by atoms with van der Waals surface area (Å²) in [6.45, 7) is 0.642. The lowest BCUT2D eigenvalue weighted by Crippen LogP contribution is -2.50. The fraction of sp³-hybridized carbons (Fsp3) is 0.923. The highest BCUT2D eigenvalue weighted by Gasteiger charge is 2.44. The lowest BCUT2D eigenvalue weighted by molar-refractivity contribution is -0.138. The first-order chi connectivity index (χ1) is 17.1. The van der Waals surface area contributed by atoms with Gasteiger partial charge in [0.15, 0.2) is 0 Å². The molecular formula is C26H52N2O4S4. The highest BCUT2D eigenvalue weighted by molar-refractivity contribution is 8.77. The van der Waals surface area contributed by atoms with Crippen LogP contribution in [-0.4, -0.2) is 43.4 Å². The molecule has 214 valence electrons. The molecule has 0 rings (SSSR count). The maximum atomic E-state index is 10.6. The predicted molar refractivity (Wildman–Crippen MR) is 164 cm³/mol. The van der Waals surface area contributed by atoms with E-state index in [1.54, 1.807) is 10.8 Å². The Bertz CT molecular complexity index is 529. The molecule has 0 atom stereocenters. The van der Waals surface area contributed by atoms with Crippen molar-refractivity contribution in [3.05, 3.63) is 0 Å². The summed E-state index contributed by atoms with van der Waals surface area (Å²) in [4.78, 5) is 21.1. The lowest BCUT2D eigenvalue weighted by Gasteiger charge is -2.42. The van der Waals surface area contributed by atoms with Crippen LogP contribution in [0.4, 0.5) is 0 Å². The van der Waals surface area contributed by atoms with E-state index < -0.39 is 16.1 Å². The van der Waals surface area contributed by atoms with Crippen LogP contribution in [0.2, 0.25) is 0 Å². The summed E-state index contributed by atoms with van der Waals surface area (Å²) in [7, 11) is 3.60. The van der Waals surface area contributed by atoms with E-state index in [2.05, 4.69) is 0 Å². The van der Waals surface area contributed by atoms with Gasteiger partial charge < -0.3 is 21.7 Å². The van der Waals surface area contributed by atoms with Crippen LogP contribution in [-0.2, 0) is 9.59 Å². The first-order valence-electron chi connectivity index (χ1n) is 13.8. The third-order valence-electron chi connectivity index (χ3n) is 6.53. The van der Waals surface area contributed by atoms with Crippen molar-refractivity contribution in [3.8, 4) is 0 Å². The number of carboxylic acid groups (broad SMARTS) is 2. The molecule has 0 spiro atoms. The van der Waals surface area contributed by atoms with E-state index in [1.165, 1.54) is 51.4 Å². The van der Waals surface area contributed by atoms with Crippen LogP contribution in [0.5, 0.6) is 0 Å². The van der Waals surface area contributed by atoms with Crippen LogP contribution in [0, 0.1) is 0 Å². The fourth-order valence-corrected chi connectivity index (χ4v) is 8.52.